The molecule has 0 N–H and O–H groups in total. The molecule has 2 heterocycles. The molecule has 0 spiro atoms. The van der Waals surface area contributed by atoms with Gasteiger partial charge in [-0.1, -0.05) is 0 Å². The van der Waals surface area contributed by atoms with Crippen LogP contribution in [0.1, 0.15) is 5.82 Å². The van der Waals surface area contributed by atoms with Crippen molar-refractivity contribution in [1.29, 1.82) is 0 Å². The molecule has 0 bridgehead atoms. The van der Waals surface area contributed by atoms with Gasteiger partial charge in [0.15, 0.2) is 0 Å². The van der Waals surface area contributed by atoms with Gasteiger partial charge in [-0.05, 0) is 6.07 Å². The van der Waals surface area contributed by atoms with E-state index in [0.717, 1.165) is 18.5 Å². The summed E-state index contributed by atoms with van der Waals surface area (Å²) in [7, 11) is 0. The molecule has 0 aliphatic carbocycles. The molecule has 0 amide bonds. The zero-order valence-electron chi connectivity index (χ0n) is 8.63. The van der Waals surface area contributed by atoms with Crippen LogP contribution in [0.4, 0.5) is 18.9 Å². The van der Waals surface area contributed by atoms with Gasteiger partial charge in [-0.3, -0.25) is 14.7 Å². The number of pyridine rings is 1. The maximum Gasteiger partial charge on any atom is 0.450 e. The van der Waals surface area contributed by atoms with Crippen molar-refractivity contribution in [2.45, 2.75) is 6.18 Å². The third-order valence-electron chi connectivity index (χ3n) is 2.09. The van der Waals surface area contributed by atoms with Gasteiger partial charge < -0.3 is 0 Å². The lowest BCUT2D eigenvalue weighted by molar-refractivity contribution is -0.384. The molecule has 0 aliphatic heterocycles. The van der Waals surface area contributed by atoms with E-state index in [4.69, 9.17) is 0 Å². The van der Waals surface area contributed by atoms with Crippen LogP contribution in [-0.2, 0) is 6.18 Å². The second-order valence-electron chi connectivity index (χ2n) is 3.22. The lowest BCUT2D eigenvalue weighted by atomic mass is 10.4. The Bertz CT molecular complexity index is 593. The molecule has 18 heavy (non-hydrogen) atoms. The number of rotatable bonds is 2. The van der Waals surface area contributed by atoms with E-state index in [1.54, 1.807) is 0 Å². The zero-order chi connectivity index (χ0) is 13.3. The first-order chi connectivity index (χ1) is 8.41. The summed E-state index contributed by atoms with van der Waals surface area (Å²) in [5, 5.41) is 10.7. The highest BCUT2D eigenvalue weighted by Crippen LogP contribution is 2.31. The fourth-order valence-electron chi connectivity index (χ4n) is 1.40. The lowest BCUT2D eigenvalue weighted by Crippen LogP contribution is -2.15. The molecule has 9 heteroatoms. The highest BCUT2D eigenvalue weighted by molar-refractivity contribution is 5.47. The number of nitrogens with zero attached hydrogens (tertiary/aromatic N) is 4. The van der Waals surface area contributed by atoms with Crippen LogP contribution in [0, 0.1) is 10.1 Å². The quantitative estimate of drug-likeness (QED) is 0.611. The predicted octanol–water partition coefficient (Wildman–Crippen LogP) is 2.19. The summed E-state index contributed by atoms with van der Waals surface area (Å²) in [6, 6.07) is 2.34. The summed E-state index contributed by atoms with van der Waals surface area (Å²) in [5.74, 6) is -1.68. The Hall–Kier alpha value is -2.45. The molecule has 0 aromatic carbocycles. The van der Waals surface area contributed by atoms with Gasteiger partial charge in [-0.25, -0.2) is 9.97 Å². The summed E-state index contributed by atoms with van der Waals surface area (Å²) in [4.78, 5) is 16.7. The molecular formula is C9H5F3N4O2. The highest BCUT2D eigenvalue weighted by atomic mass is 19.4. The van der Waals surface area contributed by atoms with E-state index in [-0.39, 0.29) is 0 Å². The Morgan fingerprint density at radius 1 is 1.28 bits per heavy atom. The molecule has 0 saturated carbocycles. The van der Waals surface area contributed by atoms with Crippen molar-refractivity contribution in [1.82, 2.24) is 14.5 Å². The van der Waals surface area contributed by atoms with E-state index in [9.17, 15) is 23.3 Å². The van der Waals surface area contributed by atoms with E-state index in [1.807, 2.05) is 0 Å². The van der Waals surface area contributed by atoms with Crippen LogP contribution in [0.5, 0.6) is 0 Å². The first-order valence-corrected chi connectivity index (χ1v) is 4.61. The van der Waals surface area contributed by atoms with Crippen molar-refractivity contribution in [3.63, 3.8) is 0 Å². The van der Waals surface area contributed by atoms with E-state index in [1.165, 1.54) is 12.3 Å². The first kappa shape index (κ1) is 12.0. The van der Waals surface area contributed by atoms with Gasteiger partial charge >= 0.3 is 11.9 Å². The van der Waals surface area contributed by atoms with Gasteiger partial charge in [0, 0.05) is 24.7 Å². The van der Waals surface area contributed by atoms with Crippen LogP contribution in [0.2, 0.25) is 0 Å². The second-order valence-corrected chi connectivity index (χ2v) is 3.22. The molecule has 2 aromatic rings. The van der Waals surface area contributed by atoms with Gasteiger partial charge in [0.25, 0.3) is 0 Å². The molecule has 0 unspecified atom stereocenters. The number of hydrogen-bond donors (Lipinski definition) is 0. The smallest absolute Gasteiger partial charge is 0.274 e. The topological polar surface area (TPSA) is 73.8 Å². The minimum Gasteiger partial charge on any atom is -0.274 e. The number of halogens is 3. The Labute approximate surface area is 97.9 Å². The normalized spacial score (nSPS) is 11.5. The van der Waals surface area contributed by atoms with Gasteiger partial charge in [0.05, 0.1) is 4.92 Å². The van der Waals surface area contributed by atoms with Crippen molar-refractivity contribution in [3.8, 4) is 5.82 Å². The monoisotopic (exact) mass is 258 g/mol. The highest BCUT2D eigenvalue weighted by Gasteiger charge is 2.37. The molecule has 0 aliphatic rings. The average Bonchev–Trinajstić information content (AvgIpc) is 2.77. The average molecular weight is 258 g/mol. The van der Waals surface area contributed by atoms with Crippen LogP contribution in [-0.4, -0.2) is 19.5 Å². The summed E-state index contributed by atoms with van der Waals surface area (Å²) < 4.78 is 38.4. The van der Waals surface area contributed by atoms with E-state index in [0.29, 0.717) is 4.57 Å². The van der Waals surface area contributed by atoms with Crippen LogP contribution < -0.4 is 0 Å². The SMILES string of the molecule is O=[N+]([O-])c1cccnc1-n1ccnc1C(F)(F)F. The Balaban J connectivity index is 2.64. The minimum absolute atomic E-state index is 0.424. The van der Waals surface area contributed by atoms with Crippen LogP contribution in [0.15, 0.2) is 30.7 Å². The van der Waals surface area contributed by atoms with E-state index >= 15 is 0 Å². The zero-order valence-corrected chi connectivity index (χ0v) is 8.63. The van der Waals surface area contributed by atoms with Crippen LogP contribution >= 0.6 is 0 Å². The third-order valence-corrected chi connectivity index (χ3v) is 2.09. The lowest BCUT2D eigenvalue weighted by Gasteiger charge is -2.09. The summed E-state index contributed by atoms with van der Waals surface area (Å²) in [6.45, 7) is 0. The third kappa shape index (κ3) is 2.01. The number of imidazole rings is 1. The Morgan fingerprint density at radius 2 is 2.00 bits per heavy atom. The minimum atomic E-state index is -4.71. The van der Waals surface area contributed by atoms with Crippen LogP contribution in [0.3, 0.4) is 0 Å². The van der Waals surface area contributed by atoms with Gasteiger partial charge in [0.1, 0.15) is 0 Å². The largest absolute Gasteiger partial charge is 0.450 e. The summed E-state index contributed by atoms with van der Waals surface area (Å²) in [5.41, 5.74) is -0.527. The second kappa shape index (κ2) is 4.09. The maximum absolute atomic E-state index is 12.6. The molecule has 2 aromatic heterocycles. The standard InChI is InChI=1S/C9H5F3N4O2/c10-9(11,12)8-14-4-5-15(8)7-6(16(17)18)2-1-3-13-7/h1-5H. The van der Waals surface area contributed by atoms with Crippen molar-refractivity contribution in [3.05, 3.63) is 46.7 Å². The van der Waals surface area contributed by atoms with Gasteiger partial charge in [0.2, 0.25) is 11.6 Å². The van der Waals surface area contributed by atoms with E-state index in [2.05, 4.69) is 9.97 Å². The molecule has 6 nitrogen and oxygen atoms in total. The van der Waals surface area contributed by atoms with Crippen LogP contribution in [0.25, 0.3) is 5.82 Å². The summed E-state index contributed by atoms with van der Waals surface area (Å²) in [6.07, 6.45) is -1.67. The maximum atomic E-state index is 12.6. The number of alkyl halides is 3. The molecule has 0 atom stereocenters. The number of nitro groups is 1. The molecule has 94 valence electrons. The van der Waals surface area contributed by atoms with Crippen molar-refractivity contribution in [2.75, 3.05) is 0 Å². The molecule has 0 fully saturated rings. The Morgan fingerprint density at radius 3 is 2.61 bits per heavy atom. The number of aromatic nitrogens is 3. The number of hydrogen-bond acceptors (Lipinski definition) is 4. The summed E-state index contributed by atoms with van der Waals surface area (Å²) >= 11 is 0. The van der Waals surface area contributed by atoms with Gasteiger partial charge in [-0.15, -0.1) is 0 Å². The Kier molecular flexibility index (Phi) is 2.73. The first-order valence-electron chi connectivity index (χ1n) is 4.61. The fourth-order valence-corrected chi connectivity index (χ4v) is 1.40. The van der Waals surface area contributed by atoms with Crippen molar-refractivity contribution < 1.29 is 18.1 Å². The molecule has 0 saturated heterocycles. The van der Waals surface area contributed by atoms with Crippen molar-refractivity contribution >= 4 is 5.69 Å². The molecular weight excluding hydrogens is 253 g/mol. The van der Waals surface area contributed by atoms with Gasteiger partial charge in [-0.2, -0.15) is 13.2 Å². The molecule has 0 radical (unpaired) electrons. The van der Waals surface area contributed by atoms with E-state index < -0.39 is 28.4 Å². The molecule has 2 rings (SSSR count). The van der Waals surface area contributed by atoms with Crippen molar-refractivity contribution in [2.24, 2.45) is 0 Å². The predicted molar refractivity (Wildman–Crippen MR) is 53.0 cm³/mol. The fraction of sp³-hybridized carbons (Fsp3) is 0.111.